The normalized spacial score (nSPS) is 22.8. The molecule has 7 rings (SSSR count). The van der Waals surface area contributed by atoms with Crippen LogP contribution in [-0.4, -0.2) is 59.7 Å². The molecule has 12 heteroatoms. The van der Waals surface area contributed by atoms with Crippen LogP contribution in [0.15, 0.2) is 77.0 Å². The van der Waals surface area contributed by atoms with Gasteiger partial charge in [-0.05, 0) is 67.3 Å². The molecule has 1 N–H and O–H groups in total. The zero-order chi connectivity index (χ0) is 37.2. The van der Waals surface area contributed by atoms with Gasteiger partial charge in [0.25, 0.3) is 5.88 Å². The van der Waals surface area contributed by atoms with Gasteiger partial charge in [-0.3, -0.25) is 14.5 Å². The summed E-state index contributed by atoms with van der Waals surface area (Å²) in [5.74, 6) is -1.96. The number of hydrogen-bond donors (Lipinski definition) is 1. The van der Waals surface area contributed by atoms with E-state index in [1.54, 1.807) is 0 Å². The molecule has 3 aliphatic rings. The number of Topliss-reactive ketones (excluding diaryl/α,β-unsaturated/α-hetero) is 2. The molecule has 0 spiro atoms. The zero-order valence-electron chi connectivity index (χ0n) is 30.5. The second-order valence-corrected chi connectivity index (χ2v) is 20.8. The Morgan fingerprint density at radius 1 is 0.962 bits per heavy atom. The van der Waals surface area contributed by atoms with Crippen molar-refractivity contribution in [2.75, 3.05) is 14.1 Å². The number of ketones is 2. The number of pyridine rings is 1. The van der Waals surface area contributed by atoms with Crippen LogP contribution in [0, 0.1) is 11.8 Å². The lowest BCUT2D eigenvalue weighted by atomic mass is 9.57. The Bertz CT molecular complexity index is 2060. The molecule has 2 heterocycles. The van der Waals surface area contributed by atoms with Crippen LogP contribution in [0.2, 0.25) is 23.3 Å². The first-order chi connectivity index (χ1) is 24.7. The standard InChI is InChI=1S/C40H44ClN3O7Si/c1-39(2,3)52(6,7)51-40-27(32(44(4)5)34-31(36(40)47)38(43-50-34)49-22-24-16-12-9-13-17-24)19-25-18-26-30(33(45)29(25)35(40)46)28(20-42-37(26)41)48-21-23-14-10-8-11-15-23/h8-17,20,25,27,32,45H,18-19,21-22H2,1-7H3/t25-,27-,32-,40-/m0/s1. The summed E-state index contributed by atoms with van der Waals surface area (Å²) < 4.78 is 25.5. The average Bonchev–Trinajstić information content (AvgIpc) is 3.52. The molecule has 2 aromatic heterocycles. The number of aliphatic hydroxyl groups excluding tert-OH is 1. The number of carbonyl (C=O) groups is 2. The van der Waals surface area contributed by atoms with Gasteiger partial charge in [0.15, 0.2) is 19.7 Å². The van der Waals surface area contributed by atoms with Gasteiger partial charge in [0, 0.05) is 17.1 Å². The van der Waals surface area contributed by atoms with Crippen LogP contribution in [0.3, 0.4) is 0 Å². The third-order valence-corrected chi connectivity index (χ3v) is 16.0. The SMILES string of the molecule is CN(C)[C@@H]1c2onc(OCc3ccccc3)c2C(=O)[C@@]2(O[Si](C)(C)C(C)(C)C)C(=O)C3=C(O)c4c(OCc5ccccc5)cnc(Cl)c4C[C@H]3C[C@@H]12. The van der Waals surface area contributed by atoms with Crippen LogP contribution in [0.25, 0.3) is 5.76 Å². The molecule has 0 radical (unpaired) electrons. The molecule has 10 nitrogen and oxygen atoms in total. The molecule has 0 aliphatic heterocycles. The predicted octanol–water partition coefficient (Wildman–Crippen LogP) is 8.17. The van der Waals surface area contributed by atoms with Gasteiger partial charge in [-0.25, -0.2) is 4.98 Å². The molecule has 3 aliphatic carbocycles. The van der Waals surface area contributed by atoms with Crippen LogP contribution in [-0.2, 0) is 28.9 Å². The lowest BCUT2D eigenvalue weighted by Gasteiger charge is -2.55. The minimum atomic E-state index is -2.88. The van der Waals surface area contributed by atoms with E-state index >= 15 is 9.59 Å². The number of carbonyl (C=O) groups excluding carboxylic acids is 2. The van der Waals surface area contributed by atoms with Crippen molar-refractivity contribution >= 4 is 37.2 Å². The van der Waals surface area contributed by atoms with Gasteiger partial charge in [0.1, 0.15) is 35.4 Å². The fraction of sp³-hybridized carbons (Fsp3) is 0.400. The highest BCUT2D eigenvalue weighted by Crippen LogP contribution is 2.59. The van der Waals surface area contributed by atoms with Crippen molar-refractivity contribution in [2.45, 2.75) is 76.6 Å². The molecule has 1 fully saturated rings. The highest BCUT2D eigenvalue weighted by Gasteiger charge is 2.69. The first kappa shape index (κ1) is 36.1. The minimum absolute atomic E-state index is 0.00364. The van der Waals surface area contributed by atoms with Gasteiger partial charge in [0.05, 0.1) is 17.8 Å². The molecule has 4 atom stereocenters. The number of aliphatic hydroxyl groups is 1. The number of halogens is 1. The molecule has 0 unspecified atom stereocenters. The Kier molecular flexibility index (Phi) is 9.22. The quantitative estimate of drug-likeness (QED) is 0.102. The van der Waals surface area contributed by atoms with Crippen molar-refractivity contribution < 1.29 is 33.1 Å². The van der Waals surface area contributed by atoms with Crippen LogP contribution in [0.4, 0.5) is 0 Å². The van der Waals surface area contributed by atoms with E-state index in [1.165, 1.54) is 6.20 Å². The van der Waals surface area contributed by atoms with Crippen LogP contribution in [0.1, 0.15) is 71.6 Å². The number of ether oxygens (including phenoxy) is 2. The summed E-state index contributed by atoms with van der Waals surface area (Å²) in [6.45, 7) is 10.6. The number of aromatic nitrogens is 2. The highest BCUT2D eigenvalue weighted by atomic mass is 35.5. The average molecular weight is 742 g/mol. The Morgan fingerprint density at radius 2 is 1.58 bits per heavy atom. The molecule has 0 bridgehead atoms. The van der Waals surface area contributed by atoms with Crippen molar-refractivity contribution in [1.82, 2.24) is 15.0 Å². The van der Waals surface area contributed by atoms with Crippen molar-refractivity contribution in [3.05, 3.63) is 111 Å². The van der Waals surface area contributed by atoms with E-state index in [4.69, 9.17) is 30.0 Å². The lowest BCUT2D eigenvalue weighted by molar-refractivity contribution is -0.140. The summed E-state index contributed by atoms with van der Waals surface area (Å²) in [6.07, 6.45) is 2.09. The first-order valence-electron chi connectivity index (χ1n) is 17.6. The number of hydrogen-bond acceptors (Lipinski definition) is 10. The van der Waals surface area contributed by atoms with Crippen molar-refractivity contribution in [3.8, 4) is 11.6 Å². The molecule has 2 aromatic carbocycles. The smallest absolute Gasteiger partial charge is 0.265 e. The largest absolute Gasteiger partial charge is 0.507 e. The third-order valence-electron chi connectivity index (χ3n) is 11.2. The van der Waals surface area contributed by atoms with E-state index < -0.39 is 43.4 Å². The number of benzene rings is 2. The minimum Gasteiger partial charge on any atom is -0.507 e. The molecule has 4 aromatic rings. The molecule has 272 valence electrons. The molecule has 1 saturated carbocycles. The fourth-order valence-electron chi connectivity index (χ4n) is 7.64. The van der Waals surface area contributed by atoms with E-state index in [9.17, 15) is 5.11 Å². The van der Waals surface area contributed by atoms with Crippen molar-refractivity contribution in [2.24, 2.45) is 11.8 Å². The van der Waals surface area contributed by atoms with Crippen molar-refractivity contribution in [3.63, 3.8) is 0 Å². The Balaban J connectivity index is 1.39. The van der Waals surface area contributed by atoms with Gasteiger partial charge in [-0.15, -0.1) is 0 Å². The van der Waals surface area contributed by atoms with E-state index in [0.29, 0.717) is 35.5 Å². The Hall–Kier alpha value is -4.29. The first-order valence-corrected chi connectivity index (χ1v) is 20.8. The van der Waals surface area contributed by atoms with Gasteiger partial charge in [-0.2, -0.15) is 0 Å². The summed E-state index contributed by atoms with van der Waals surface area (Å²) >= 11 is 6.71. The maximum atomic E-state index is 15.6. The maximum Gasteiger partial charge on any atom is 0.265 e. The van der Waals surface area contributed by atoms with Gasteiger partial charge in [0.2, 0.25) is 11.6 Å². The fourth-order valence-corrected chi connectivity index (χ4v) is 9.31. The summed E-state index contributed by atoms with van der Waals surface area (Å²) in [7, 11) is 0.888. The summed E-state index contributed by atoms with van der Waals surface area (Å²) in [5.41, 5.74) is 0.913. The van der Waals surface area contributed by atoms with E-state index in [2.05, 4.69) is 30.9 Å². The van der Waals surface area contributed by atoms with Gasteiger partial charge < -0.3 is 23.5 Å². The summed E-state index contributed by atoms with van der Waals surface area (Å²) in [5, 5.41) is 16.4. The number of rotatable bonds is 9. The molecular weight excluding hydrogens is 698 g/mol. The number of nitrogens with zero attached hydrogens (tertiary/aromatic N) is 3. The third kappa shape index (κ3) is 5.87. The van der Waals surface area contributed by atoms with Crippen LogP contribution in [0.5, 0.6) is 11.6 Å². The Labute approximate surface area is 309 Å². The van der Waals surface area contributed by atoms with E-state index in [0.717, 1.165) is 11.1 Å². The molecular formula is C40H44ClN3O7Si. The van der Waals surface area contributed by atoms with Crippen molar-refractivity contribution in [1.29, 1.82) is 0 Å². The second-order valence-electron chi connectivity index (χ2n) is 15.7. The predicted molar refractivity (Wildman–Crippen MR) is 199 cm³/mol. The van der Waals surface area contributed by atoms with E-state index in [1.807, 2.05) is 92.8 Å². The molecule has 52 heavy (non-hydrogen) atoms. The second kappa shape index (κ2) is 13.3. The highest BCUT2D eigenvalue weighted by molar-refractivity contribution is 6.74. The number of fused-ring (bicyclic) bond motifs is 4. The van der Waals surface area contributed by atoms with E-state index in [-0.39, 0.29) is 46.2 Å². The van der Waals surface area contributed by atoms with Crippen LogP contribution >= 0.6 is 11.6 Å². The summed E-state index contributed by atoms with van der Waals surface area (Å²) in [4.78, 5) is 37.3. The summed E-state index contributed by atoms with van der Waals surface area (Å²) in [6, 6.07) is 18.6. The lowest BCUT2D eigenvalue weighted by Crippen LogP contribution is -2.68. The zero-order valence-corrected chi connectivity index (χ0v) is 32.3. The Morgan fingerprint density at radius 3 is 2.17 bits per heavy atom. The monoisotopic (exact) mass is 741 g/mol. The van der Waals surface area contributed by atoms with Gasteiger partial charge in [-0.1, -0.05) is 93.0 Å². The van der Waals surface area contributed by atoms with Gasteiger partial charge >= 0.3 is 0 Å². The maximum absolute atomic E-state index is 15.6. The van der Waals surface area contributed by atoms with Crippen LogP contribution < -0.4 is 9.47 Å². The molecule has 0 saturated heterocycles. The topological polar surface area (TPSA) is 124 Å². The molecule has 0 amide bonds.